The summed E-state index contributed by atoms with van der Waals surface area (Å²) < 4.78 is 9.66. The minimum Gasteiger partial charge on any atom is -0.471 e. The molecule has 1 aromatic carbocycles. The molecule has 3 rings (SSSR count). The zero-order valence-corrected chi connectivity index (χ0v) is 16.3. The molecule has 0 saturated heterocycles. The molecule has 0 aliphatic rings. The van der Waals surface area contributed by atoms with E-state index in [4.69, 9.17) is 16.3 Å². The van der Waals surface area contributed by atoms with E-state index in [0.717, 1.165) is 4.47 Å². The molecule has 9 heteroatoms. The summed E-state index contributed by atoms with van der Waals surface area (Å²) in [7, 11) is 0. The van der Waals surface area contributed by atoms with Gasteiger partial charge >= 0.3 is 0 Å². The fourth-order valence-corrected chi connectivity index (χ4v) is 2.88. The number of anilines is 1. The van der Waals surface area contributed by atoms with Crippen molar-refractivity contribution < 1.29 is 9.53 Å². The standard InChI is InChI=1S/C17H17BrClN5O2/c1-2-16(24-9-12(18)7-21-24)17(25)22-14-8-20-23(10-14)11-26-15-5-3-4-13(19)6-15/h3-10,16H,2,11H2,1H3,(H,22,25). The number of hydrogen-bond donors (Lipinski definition) is 1. The second-order valence-corrected chi connectivity index (χ2v) is 6.90. The maximum Gasteiger partial charge on any atom is 0.249 e. The Morgan fingerprint density at radius 1 is 1.35 bits per heavy atom. The number of ether oxygens (including phenoxy) is 1. The van der Waals surface area contributed by atoms with Gasteiger partial charge in [-0.3, -0.25) is 9.48 Å². The van der Waals surface area contributed by atoms with Gasteiger partial charge in [-0.1, -0.05) is 24.6 Å². The zero-order valence-electron chi connectivity index (χ0n) is 14.0. The van der Waals surface area contributed by atoms with E-state index in [1.807, 2.05) is 19.1 Å². The average Bonchev–Trinajstić information content (AvgIpc) is 3.23. The third kappa shape index (κ3) is 4.64. The van der Waals surface area contributed by atoms with E-state index in [9.17, 15) is 4.79 Å². The minimum atomic E-state index is -0.396. The van der Waals surface area contributed by atoms with Crippen LogP contribution in [0.4, 0.5) is 5.69 Å². The molecule has 2 aromatic heterocycles. The highest BCUT2D eigenvalue weighted by molar-refractivity contribution is 9.10. The molecule has 0 aliphatic carbocycles. The highest BCUT2D eigenvalue weighted by Gasteiger charge is 2.20. The number of carbonyl (C=O) groups is 1. The van der Waals surface area contributed by atoms with Crippen molar-refractivity contribution >= 4 is 39.1 Å². The van der Waals surface area contributed by atoms with Crippen molar-refractivity contribution in [2.45, 2.75) is 26.1 Å². The van der Waals surface area contributed by atoms with Crippen LogP contribution in [0.5, 0.6) is 5.75 Å². The molecule has 0 saturated carbocycles. The van der Waals surface area contributed by atoms with Crippen molar-refractivity contribution in [3.8, 4) is 5.75 Å². The largest absolute Gasteiger partial charge is 0.471 e. The maximum atomic E-state index is 12.5. The van der Waals surface area contributed by atoms with E-state index in [1.54, 1.807) is 46.3 Å². The van der Waals surface area contributed by atoms with Crippen molar-refractivity contribution in [2.75, 3.05) is 5.32 Å². The van der Waals surface area contributed by atoms with Gasteiger partial charge in [0.1, 0.15) is 11.8 Å². The van der Waals surface area contributed by atoms with Gasteiger partial charge in [0, 0.05) is 11.2 Å². The Labute approximate surface area is 164 Å². The summed E-state index contributed by atoms with van der Waals surface area (Å²) in [5.74, 6) is 0.493. The van der Waals surface area contributed by atoms with Gasteiger partial charge in [-0.25, -0.2) is 4.68 Å². The molecule has 0 radical (unpaired) electrons. The summed E-state index contributed by atoms with van der Waals surface area (Å²) in [5, 5.41) is 11.8. The minimum absolute atomic E-state index is 0.154. The molecular formula is C17H17BrClN5O2. The topological polar surface area (TPSA) is 74.0 Å². The van der Waals surface area contributed by atoms with Crippen LogP contribution in [-0.4, -0.2) is 25.5 Å². The smallest absolute Gasteiger partial charge is 0.249 e. The van der Waals surface area contributed by atoms with E-state index >= 15 is 0 Å². The quantitative estimate of drug-likeness (QED) is 0.602. The van der Waals surface area contributed by atoms with Gasteiger partial charge < -0.3 is 10.1 Å². The number of carbonyl (C=O) groups excluding carboxylic acids is 1. The summed E-state index contributed by atoms with van der Waals surface area (Å²) in [6, 6.07) is 6.73. The number of halogens is 2. The molecule has 0 aliphatic heterocycles. The lowest BCUT2D eigenvalue weighted by molar-refractivity contribution is -0.119. The van der Waals surface area contributed by atoms with Crippen LogP contribution in [0.3, 0.4) is 0 Å². The number of rotatable bonds is 7. The molecule has 1 amide bonds. The molecule has 1 unspecified atom stereocenters. The van der Waals surface area contributed by atoms with Gasteiger partial charge in [0.25, 0.3) is 0 Å². The first-order chi connectivity index (χ1) is 12.5. The van der Waals surface area contributed by atoms with Crippen molar-refractivity contribution in [2.24, 2.45) is 0 Å². The lowest BCUT2D eigenvalue weighted by Gasteiger charge is -2.14. The lowest BCUT2D eigenvalue weighted by Crippen LogP contribution is -2.25. The predicted octanol–water partition coefficient (Wildman–Crippen LogP) is 4.12. The zero-order chi connectivity index (χ0) is 18.5. The Hall–Kier alpha value is -2.32. The van der Waals surface area contributed by atoms with Crippen LogP contribution in [0.15, 0.2) is 53.5 Å². The molecule has 2 heterocycles. The van der Waals surface area contributed by atoms with E-state index in [-0.39, 0.29) is 12.6 Å². The molecule has 3 aromatic rings. The normalized spacial score (nSPS) is 12.0. The van der Waals surface area contributed by atoms with Crippen LogP contribution in [0.25, 0.3) is 0 Å². The summed E-state index contributed by atoms with van der Waals surface area (Å²) in [6.07, 6.45) is 7.32. The molecule has 26 heavy (non-hydrogen) atoms. The summed E-state index contributed by atoms with van der Waals surface area (Å²) in [6.45, 7) is 2.14. The second kappa shape index (κ2) is 8.37. The maximum absolute atomic E-state index is 12.5. The first-order valence-corrected chi connectivity index (χ1v) is 9.13. The van der Waals surface area contributed by atoms with E-state index in [0.29, 0.717) is 22.9 Å². The third-order valence-corrected chi connectivity index (χ3v) is 4.28. The van der Waals surface area contributed by atoms with Crippen LogP contribution in [-0.2, 0) is 11.5 Å². The predicted molar refractivity (Wildman–Crippen MR) is 102 cm³/mol. The van der Waals surface area contributed by atoms with Crippen LogP contribution >= 0.6 is 27.5 Å². The van der Waals surface area contributed by atoms with Gasteiger partial charge in [0.2, 0.25) is 5.91 Å². The summed E-state index contributed by atoms with van der Waals surface area (Å²) in [4.78, 5) is 12.5. The lowest BCUT2D eigenvalue weighted by atomic mass is 10.2. The molecule has 1 atom stereocenters. The number of amides is 1. The van der Waals surface area contributed by atoms with Crippen LogP contribution in [0.2, 0.25) is 5.02 Å². The molecule has 0 spiro atoms. The van der Waals surface area contributed by atoms with Crippen LogP contribution in [0, 0.1) is 0 Å². The van der Waals surface area contributed by atoms with Crippen molar-refractivity contribution in [3.05, 3.63) is 58.5 Å². The highest BCUT2D eigenvalue weighted by atomic mass is 79.9. The summed E-state index contributed by atoms with van der Waals surface area (Å²) >= 11 is 9.26. The molecule has 7 nitrogen and oxygen atoms in total. The van der Waals surface area contributed by atoms with Gasteiger partial charge in [0.15, 0.2) is 6.73 Å². The fraction of sp³-hybridized carbons (Fsp3) is 0.235. The third-order valence-electron chi connectivity index (χ3n) is 3.64. The Kier molecular flexibility index (Phi) is 5.95. The number of benzene rings is 1. The van der Waals surface area contributed by atoms with Gasteiger partial charge in [0.05, 0.1) is 28.8 Å². The molecule has 136 valence electrons. The Bertz CT molecular complexity index is 895. The molecule has 1 N–H and O–H groups in total. The van der Waals surface area contributed by atoms with E-state index in [2.05, 4.69) is 31.4 Å². The average molecular weight is 439 g/mol. The number of aromatic nitrogens is 4. The highest BCUT2D eigenvalue weighted by Crippen LogP contribution is 2.19. The van der Waals surface area contributed by atoms with Crippen molar-refractivity contribution in [3.63, 3.8) is 0 Å². The van der Waals surface area contributed by atoms with Crippen molar-refractivity contribution in [1.29, 1.82) is 0 Å². The van der Waals surface area contributed by atoms with Crippen LogP contribution < -0.4 is 10.1 Å². The van der Waals surface area contributed by atoms with E-state index < -0.39 is 6.04 Å². The Morgan fingerprint density at radius 3 is 2.88 bits per heavy atom. The van der Waals surface area contributed by atoms with Crippen molar-refractivity contribution in [1.82, 2.24) is 19.6 Å². The Balaban J connectivity index is 1.59. The number of nitrogens with one attached hydrogen (secondary N) is 1. The fourth-order valence-electron chi connectivity index (χ4n) is 2.40. The van der Waals surface area contributed by atoms with Gasteiger partial charge in [-0.15, -0.1) is 0 Å². The van der Waals surface area contributed by atoms with E-state index in [1.165, 1.54) is 0 Å². The number of nitrogens with zero attached hydrogens (tertiary/aromatic N) is 4. The SMILES string of the molecule is CCC(C(=O)Nc1cnn(COc2cccc(Cl)c2)c1)n1cc(Br)cn1. The molecular weight excluding hydrogens is 422 g/mol. The second-order valence-electron chi connectivity index (χ2n) is 5.55. The monoisotopic (exact) mass is 437 g/mol. The van der Waals surface area contributed by atoms with Crippen LogP contribution in [0.1, 0.15) is 19.4 Å². The van der Waals surface area contributed by atoms with Gasteiger partial charge in [-0.05, 0) is 40.5 Å². The van der Waals surface area contributed by atoms with Gasteiger partial charge in [-0.2, -0.15) is 10.2 Å². The Morgan fingerprint density at radius 2 is 2.19 bits per heavy atom. The molecule has 0 bridgehead atoms. The number of hydrogen-bond acceptors (Lipinski definition) is 4. The first-order valence-electron chi connectivity index (χ1n) is 7.96. The summed E-state index contributed by atoms with van der Waals surface area (Å²) in [5.41, 5.74) is 0.592. The molecule has 0 fully saturated rings. The first kappa shape index (κ1) is 18.5.